The lowest BCUT2D eigenvalue weighted by molar-refractivity contribution is 0.595. The molecule has 1 rings (SSSR count). The Labute approximate surface area is 96.3 Å². The van der Waals surface area contributed by atoms with Gasteiger partial charge in [0.05, 0.1) is 5.75 Å². The molecule has 0 spiro atoms. The van der Waals surface area contributed by atoms with Crippen LogP contribution in [0.2, 0.25) is 0 Å². The van der Waals surface area contributed by atoms with Crippen LogP contribution in [0.4, 0.5) is 5.82 Å². The summed E-state index contributed by atoms with van der Waals surface area (Å²) in [4.78, 5) is 3.91. The summed E-state index contributed by atoms with van der Waals surface area (Å²) in [6, 6.07) is 5.11. The highest BCUT2D eigenvalue weighted by Crippen LogP contribution is 2.05. The van der Waals surface area contributed by atoms with Crippen molar-refractivity contribution in [2.24, 2.45) is 0 Å². The van der Waals surface area contributed by atoms with Gasteiger partial charge in [0, 0.05) is 6.20 Å². The molecule has 0 aliphatic rings. The molecular weight excluding hydrogens is 226 g/mol. The SMILES string of the molecule is CNCCCCS(=O)(=O)Nc1ccccn1. The van der Waals surface area contributed by atoms with E-state index in [1.165, 1.54) is 0 Å². The van der Waals surface area contributed by atoms with Gasteiger partial charge < -0.3 is 5.32 Å². The summed E-state index contributed by atoms with van der Waals surface area (Å²) in [7, 11) is -1.41. The van der Waals surface area contributed by atoms with E-state index < -0.39 is 10.0 Å². The first kappa shape index (κ1) is 12.9. The van der Waals surface area contributed by atoms with E-state index in [0.717, 1.165) is 13.0 Å². The number of unbranched alkanes of at least 4 members (excludes halogenated alkanes) is 1. The second-order valence-corrected chi connectivity index (χ2v) is 5.29. The van der Waals surface area contributed by atoms with Crippen LogP contribution < -0.4 is 10.0 Å². The molecule has 0 aliphatic heterocycles. The Morgan fingerprint density at radius 2 is 2.12 bits per heavy atom. The number of hydrogen-bond acceptors (Lipinski definition) is 4. The molecule has 0 fully saturated rings. The quantitative estimate of drug-likeness (QED) is 0.696. The van der Waals surface area contributed by atoms with Gasteiger partial charge in [-0.05, 0) is 38.6 Å². The van der Waals surface area contributed by atoms with Crippen LogP contribution in [0.25, 0.3) is 0 Å². The molecule has 1 heterocycles. The topological polar surface area (TPSA) is 71.1 Å². The predicted octanol–water partition coefficient (Wildman–Crippen LogP) is 0.823. The van der Waals surface area contributed by atoms with Gasteiger partial charge in [0.15, 0.2) is 0 Å². The zero-order valence-corrected chi connectivity index (χ0v) is 10.1. The van der Waals surface area contributed by atoms with Crippen molar-refractivity contribution in [3.05, 3.63) is 24.4 Å². The third-order valence-corrected chi connectivity index (χ3v) is 3.36. The summed E-state index contributed by atoms with van der Waals surface area (Å²) in [5, 5.41) is 2.98. The Balaban J connectivity index is 2.40. The number of nitrogens with zero attached hydrogens (tertiary/aromatic N) is 1. The van der Waals surface area contributed by atoms with E-state index in [-0.39, 0.29) is 5.75 Å². The van der Waals surface area contributed by atoms with Gasteiger partial charge in [0.25, 0.3) is 0 Å². The summed E-state index contributed by atoms with van der Waals surface area (Å²) in [5.41, 5.74) is 0. The maximum absolute atomic E-state index is 11.6. The first-order valence-corrected chi connectivity index (χ1v) is 6.85. The second kappa shape index (κ2) is 6.44. The first-order chi connectivity index (χ1) is 7.64. The number of rotatable bonds is 7. The van der Waals surface area contributed by atoms with Gasteiger partial charge in [-0.1, -0.05) is 6.07 Å². The second-order valence-electron chi connectivity index (χ2n) is 3.45. The van der Waals surface area contributed by atoms with Crippen LogP contribution in [-0.2, 0) is 10.0 Å². The summed E-state index contributed by atoms with van der Waals surface area (Å²) in [6.07, 6.45) is 3.04. The van der Waals surface area contributed by atoms with E-state index in [4.69, 9.17) is 0 Å². The van der Waals surface area contributed by atoms with Crippen molar-refractivity contribution in [2.45, 2.75) is 12.8 Å². The Kier molecular flexibility index (Phi) is 5.21. The van der Waals surface area contributed by atoms with Gasteiger partial charge in [-0.2, -0.15) is 0 Å². The fourth-order valence-electron chi connectivity index (χ4n) is 1.23. The van der Waals surface area contributed by atoms with Crippen LogP contribution in [0.15, 0.2) is 24.4 Å². The van der Waals surface area contributed by atoms with Crippen molar-refractivity contribution in [2.75, 3.05) is 24.1 Å². The first-order valence-electron chi connectivity index (χ1n) is 5.20. The van der Waals surface area contributed by atoms with Crippen LogP contribution >= 0.6 is 0 Å². The molecule has 0 saturated heterocycles. The van der Waals surface area contributed by atoms with E-state index in [9.17, 15) is 8.42 Å². The minimum atomic E-state index is -3.26. The van der Waals surface area contributed by atoms with Gasteiger partial charge in [0.2, 0.25) is 10.0 Å². The maximum atomic E-state index is 11.6. The molecule has 2 N–H and O–H groups in total. The van der Waals surface area contributed by atoms with Gasteiger partial charge in [-0.25, -0.2) is 13.4 Å². The molecule has 1 aromatic rings. The molecule has 0 atom stereocenters. The summed E-state index contributed by atoms with van der Waals surface area (Å²) in [5.74, 6) is 0.502. The average Bonchev–Trinajstić information content (AvgIpc) is 2.25. The van der Waals surface area contributed by atoms with E-state index in [1.807, 2.05) is 7.05 Å². The van der Waals surface area contributed by atoms with E-state index in [2.05, 4.69) is 15.0 Å². The largest absolute Gasteiger partial charge is 0.320 e. The summed E-state index contributed by atoms with van der Waals surface area (Å²) in [6.45, 7) is 0.832. The van der Waals surface area contributed by atoms with Crippen LogP contribution in [0.3, 0.4) is 0 Å². The molecule has 16 heavy (non-hydrogen) atoms. The molecule has 0 radical (unpaired) electrons. The highest BCUT2D eigenvalue weighted by atomic mass is 32.2. The average molecular weight is 243 g/mol. The predicted molar refractivity (Wildman–Crippen MR) is 64.8 cm³/mol. The van der Waals surface area contributed by atoms with Crippen LogP contribution in [0.1, 0.15) is 12.8 Å². The molecule has 6 heteroatoms. The lowest BCUT2D eigenvalue weighted by Crippen LogP contribution is -2.18. The Hall–Kier alpha value is -1.14. The third kappa shape index (κ3) is 5.09. The minimum Gasteiger partial charge on any atom is -0.320 e. The summed E-state index contributed by atoms with van der Waals surface area (Å²) >= 11 is 0. The molecule has 0 unspecified atom stereocenters. The lowest BCUT2D eigenvalue weighted by Gasteiger charge is -2.06. The summed E-state index contributed by atoms with van der Waals surface area (Å²) < 4.78 is 25.6. The smallest absolute Gasteiger partial charge is 0.233 e. The maximum Gasteiger partial charge on any atom is 0.233 e. The molecule has 0 saturated carbocycles. The monoisotopic (exact) mass is 243 g/mol. The minimum absolute atomic E-state index is 0.130. The van der Waals surface area contributed by atoms with Gasteiger partial charge in [-0.3, -0.25) is 4.72 Å². The highest BCUT2D eigenvalue weighted by molar-refractivity contribution is 7.92. The zero-order chi connectivity index (χ0) is 11.9. The van der Waals surface area contributed by atoms with Crippen molar-refractivity contribution >= 4 is 15.8 Å². The van der Waals surface area contributed by atoms with Gasteiger partial charge in [0.1, 0.15) is 5.82 Å². The molecule has 0 amide bonds. The molecular formula is C10H17N3O2S. The van der Waals surface area contributed by atoms with E-state index in [0.29, 0.717) is 12.2 Å². The van der Waals surface area contributed by atoms with Crippen molar-refractivity contribution in [3.63, 3.8) is 0 Å². The van der Waals surface area contributed by atoms with Gasteiger partial charge in [-0.15, -0.1) is 0 Å². The number of nitrogens with one attached hydrogen (secondary N) is 2. The van der Waals surface area contributed by atoms with Crippen molar-refractivity contribution in [3.8, 4) is 0 Å². The highest BCUT2D eigenvalue weighted by Gasteiger charge is 2.09. The van der Waals surface area contributed by atoms with Crippen LogP contribution in [0, 0.1) is 0 Å². The molecule has 0 aromatic carbocycles. The Bertz CT molecular complexity index is 392. The molecule has 5 nitrogen and oxygen atoms in total. The van der Waals surface area contributed by atoms with Gasteiger partial charge >= 0.3 is 0 Å². The van der Waals surface area contributed by atoms with Crippen LogP contribution in [0.5, 0.6) is 0 Å². The van der Waals surface area contributed by atoms with Crippen LogP contribution in [-0.4, -0.2) is 32.7 Å². The van der Waals surface area contributed by atoms with Crippen molar-refractivity contribution in [1.82, 2.24) is 10.3 Å². The normalized spacial score (nSPS) is 11.3. The molecule has 0 aliphatic carbocycles. The third-order valence-electron chi connectivity index (χ3n) is 2.01. The molecule has 0 bridgehead atoms. The number of hydrogen-bond donors (Lipinski definition) is 2. The van der Waals surface area contributed by atoms with Crippen molar-refractivity contribution < 1.29 is 8.42 Å². The molecule has 1 aromatic heterocycles. The zero-order valence-electron chi connectivity index (χ0n) is 9.31. The Morgan fingerprint density at radius 3 is 2.75 bits per heavy atom. The van der Waals surface area contributed by atoms with Crippen molar-refractivity contribution in [1.29, 1.82) is 0 Å². The van der Waals surface area contributed by atoms with E-state index in [1.54, 1.807) is 24.4 Å². The Morgan fingerprint density at radius 1 is 1.31 bits per heavy atom. The molecule has 90 valence electrons. The number of sulfonamides is 1. The van der Waals surface area contributed by atoms with E-state index >= 15 is 0 Å². The number of pyridine rings is 1. The standard InChI is InChI=1S/C10H17N3O2S/c1-11-7-4-5-9-16(14,15)13-10-6-2-3-8-12-10/h2-3,6,8,11H,4-5,7,9H2,1H3,(H,12,13). The number of anilines is 1. The fourth-order valence-corrected chi connectivity index (χ4v) is 2.35. The lowest BCUT2D eigenvalue weighted by atomic mass is 10.3. The fraction of sp³-hybridized carbons (Fsp3) is 0.500. The number of aromatic nitrogens is 1.